The summed E-state index contributed by atoms with van der Waals surface area (Å²) >= 11 is 3.64. The Labute approximate surface area is 128 Å². The van der Waals surface area contributed by atoms with Crippen LogP contribution in [0.25, 0.3) is 5.69 Å². The molecule has 1 aromatic carbocycles. The lowest BCUT2D eigenvalue weighted by Crippen LogP contribution is -2.07. The zero-order valence-electron chi connectivity index (χ0n) is 12.0. The number of anilines is 1. The molecule has 4 heteroatoms. The third-order valence-corrected chi connectivity index (χ3v) is 4.46. The third kappa shape index (κ3) is 2.37. The maximum atomic E-state index is 4.89. The van der Waals surface area contributed by atoms with E-state index in [4.69, 9.17) is 5.10 Å². The summed E-state index contributed by atoms with van der Waals surface area (Å²) in [6.07, 6.45) is 3.59. The van der Waals surface area contributed by atoms with Gasteiger partial charge in [-0.3, -0.25) is 0 Å². The van der Waals surface area contributed by atoms with Crippen molar-refractivity contribution in [1.29, 1.82) is 0 Å². The monoisotopic (exact) mass is 333 g/mol. The zero-order chi connectivity index (χ0) is 14.1. The summed E-state index contributed by atoms with van der Waals surface area (Å²) in [4.78, 5) is 0. The molecule has 0 aliphatic carbocycles. The molecule has 0 radical (unpaired) electrons. The first kappa shape index (κ1) is 13.7. The molecule has 0 spiro atoms. The van der Waals surface area contributed by atoms with Crippen molar-refractivity contribution in [2.75, 3.05) is 11.9 Å². The highest BCUT2D eigenvalue weighted by Gasteiger charge is 2.22. The van der Waals surface area contributed by atoms with E-state index in [1.165, 1.54) is 29.9 Å². The molecule has 1 aliphatic heterocycles. The zero-order valence-corrected chi connectivity index (χ0v) is 13.6. The van der Waals surface area contributed by atoms with Gasteiger partial charge in [-0.05, 0) is 53.2 Å². The minimum atomic E-state index is 0.451. The summed E-state index contributed by atoms with van der Waals surface area (Å²) in [6, 6.07) is 8.26. The molecule has 3 nitrogen and oxygen atoms in total. The van der Waals surface area contributed by atoms with E-state index >= 15 is 0 Å². The van der Waals surface area contributed by atoms with Crippen LogP contribution in [0.3, 0.4) is 0 Å². The van der Waals surface area contributed by atoms with E-state index in [9.17, 15) is 0 Å². The van der Waals surface area contributed by atoms with Gasteiger partial charge in [-0.15, -0.1) is 0 Å². The van der Waals surface area contributed by atoms with Gasteiger partial charge in [-0.1, -0.05) is 26.0 Å². The lowest BCUT2D eigenvalue weighted by Gasteiger charge is -2.10. The molecule has 3 rings (SSSR count). The van der Waals surface area contributed by atoms with E-state index in [0.29, 0.717) is 5.92 Å². The molecular weight excluding hydrogens is 314 g/mol. The Morgan fingerprint density at radius 3 is 2.80 bits per heavy atom. The van der Waals surface area contributed by atoms with E-state index in [0.717, 1.165) is 23.1 Å². The summed E-state index contributed by atoms with van der Waals surface area (Å²) in [6.45, 7) is 5.47. The molecule has 1 aromatic heterocycles. The minimum Gasteiger partial charge on any atom is -0.370 e. The van der Waals surface area contributed by atoms with Gasteiger partial charge >= 0.3 is 0 Å². The van der Waals surface area contributed by atoms with Gasteiger partial charge in [0.15, 0.2) is 0 Å². The predicted molar refractivity (Wildman–Crippen MR) is 86.8 cm³/mol. The Hall–Kier alpha value is -1.29. The molecule has 20 heavy (non-hydrogen) atoms. The van der Waals surface area contributed by atoms with Crippen LogP contribution >= 0.6 is 15.9 Å². The summed E-state index contributed by atoms with van der Waals surface area (Å²) in [5.41, 5.74) is 3.73. The Balaban J connectivity index is 2.19. The number of para-hydroxylation sites is 1. The second kappa shape index (κ2) is 5.60. The normalized spacial score (nSPS) is 14.8. The summed E-state index contributed by atoms with van der Waals surface area (Å²) in [7, 11) is 0. The van der Waals surface area contributed by atoms with Gasteiger partial charge in [0.1, 0.15) is 5.82 Å². The average Bonchev–Trinajstić information content (AvgIpc) is 2.63. The highest BCUT2D eigenvalue weighted by atomic mass is 79.9. The number of benzene rings is 1. The molecule has 2 aromatic rings. The van der Waals surface area contributed by atoms with Crippen molar-refractivity contribution in [2.45, 2.75) is 39.0 Å². The number of rotatable bonds is 2. The Morgan fingerprint density at radius 2 is 2.05 bits per heavy atom. The summed E-state index contributed by atoms with van der Waals surface area (Å²) < 4.78 is 3.15. The summed E-state index contributed by atoms with van der Waals surface area (Å²) in [5.74, 6) is 1.63. The molecular formula is C16H20BrN3. The fourth-order valence-corrected chi connectivity index (χ4v) is 3.24. The first-order chi connectivity index (χ1) is 9.68. The molecule has 0 fully saturated rings. The quantitative estimate of drug-likeness (QED) is 0.876. The van der Waals surface area contributed by atoms with E-state index in [2.05, 4.69) is 58.0 Å². The Bertz CT molecular complexity index is 616. The number of nitrogens with one attached hydrogen (secondary N) is 1. The molecule has 0 atom stereocenters. The number of halogens is 1. The maximum absolute atomic E-state index is 4.89. The van der Waals surface area contributed by atoms with Crippen LogP contribution in [0.15, 0.2) is 28.7 Å². The standard InChI is InChI=1S/C16H20BrN3/c1-11(2)15-12-7-5-6-10-18-16(12)20(19-15)14-9-4-3-8-13(14)17/h3-4,8-9,11,18H,5-7,10H2,1-2H3. The van der Waals surface area contributed by atoms with Gasteiger partial charge in [0.25, 0.3) is 0 Å². The molecule has 0 saturated heterocycles. The van der Waals surface area contributed by atoms with Gasteiger partial charge in [0.05, 0.1) is 11.4 Å². The van der Waals surface area contributed by atoms with Crippen molar-refractivity contribution in [3.63, 3.8) is 0 Å². The van der Waals surface area contributed by atoms with Crippen molar-refractivity contribution in [1.82, 2.24) is 9.78 Å². The van der Waals surface area contributed by atoms with Crippen molar-refractivity contribution in [2.24, 2.45) is 0 Å². The van der Waals surface area contributed by atoms with Gasteiger partial charge in [-0.25, -0.2) is 4.68 Å². The van der Waals surface area contributed by atoms with Crippen molar-refractivity contribution in [3.05, 3.63) is 40.0 Å². The molecule has 0 amide bonds. The molecule has 2 heterocycles. The fraction of sp³-hybridized carbons (Fsp3) is 0.438. The van der Waals surface area contributed by atoms with Crippen molar-refractivity contribution < 1.29 is 0 Å². The van der Waals surface area contributed by atoms with Gasteiger partial charge in [0.2, 0.25) is 0 Å². The lowest BCUT2D eigenvalue weighted by molar-refractivity contribution is 0.730. The van der Waals surface area contributed by atoms with Gasteiger partial charge in [-0.2, -0.15) is 5.10 Å². The van der Waals surface area contributed by atoms with Crippen LogP contribution in [0, 0.1) is 0 Å². The highest BCUT2D eigenvalue weighted by molar-refractivity contribution is 9.10. The topological polar surface area (TPSA) is 29.9 Å². The van der Waals surface area contributed by atoms with Gasteiger partial charge in [0, 0.05) is 16.6 Å². The number of hydrogen-bond acceptors (Lipinski definition) is 2. The number of aromatic nitrogens is 2. The van der Waals surface area contributed by atoms with Crippen LogP contribution in [0.5, 0.6) is 0 Å². The minimum absolute atomic E-state index is 0.451. The number of nitrogens with zero attached hydrogens (tertiary/aromatic N) is 2. The van der Waals surface area contributed by atoms with Crippen LogP contribution < -0.4 is 5.32 Å². The van der Waals surface area contributed by atoms with Crippen LogP contribution in [0.2, 0.25) is 0 Å². The first-order valence-electron chi connectivity index (χ1n) is 7.29. The largest absolute Gasteiger partial charge is 0.370 e. The molecule has 1 aliphatic rings. The van der Waals surface area contributed by atoms with E-state index in [1.807, 2.05) is 6.07 Å². The molecule has 106 valence electrons. The van der Waals surface area contributed by atoms with Crippen LogP contribution in [-0.4, -0.2) is 16.3 Å². The molecule has 0 unspecified atom stereocenters. The molecule has 1 N–H and O–H groups in total. The van der Waals surface area contributed by atoms with E-state index < -0.39 is 0 Å². The highest BCUT2D eigenvalue weighted by Crippen LogP contribution is 2.33. The second-order valence-corrected chi connectivity index (χ2v) is 6.47. The smallest absolute Gasteiger partial charge is 0.133 e. The average molecular weight is 334 g/mol. The van der Waals surface area contributed by atoms with Crippen molar-refractivity contribution in [3.8, 4) is 5.69 Å². The fourth-order valence-electron chi connectivity index (χ4n) is 2.79. The number of fused-ring (bicyclic) bond motifs is 1. The van der Waals surface area contributed by atoms with Gasteiger partial charge < -0.3 is 5.32 Å². The maximum Gasteiger partial charge on any atom is 0.133 e. The van der Waals surface area contributed by atoms with Crippen LogP contribution in [-0.2, 0) is 6.42 Å². The first-order valence-corrected chi connectivity index (χ1v) is 8.08. The van der Waals surface area contributed by atoms with Crippen LogP contribution in [0.4, 0.5) is 5.82 Å². The lowest BCUT2D eigenvalue weighted by atomic mass is 10.0. The molecule has 0 saturated carbocycles. The second-order valence-electron chi connectivity index (χ2n) is 5.61. The van der Waals surface area contributed by atoms with E-state index in [-0.39, 0.29) is 0 Å². The number of hydrogen-bond donors (Lipinski definition) is 1. The molecule has 0 bridgehead atoms. The summed E-state index contributed by atoms with van der Waals surface area (Å²) in [5, 5.41) is 8.46. The predicted octanol–water partition coefficient (Wildman–Crippen LogP) is 4.51. The van der Waals surface area contributed by atoms with E-state index in [1.54, 1.807) is 0 Å². The Kier molecular flexibility index (Phi) is 3.83. The van der Waals surface area contributed by atoms with Crippen LogP contribution in [0.1, 0.15) is 43.9 Å². The SMILES string of the molecule is CC(C)c1nn(-c2ccccc2Br)c2c1CCCCN2. The van der Waals surface area contributed by atoms with Crippen molar-refractivity contribution >= 4 is 21.7 Å². The Morgan fingerprint density at radius 1 is 1.25 bits per heavy atom. The third-order valence-electron chi connectivity index (χ3n) is 3.79.